The van der Waals surface area contributed by atoms with Gasteiger partial charge < -0.3 is 19.3 Å². The molecule has 0 aliphatic heterocycles. The predicted molar refractivity (Wildman–Crippen MR) is 90.3 cm³/mol. The van der Waals surface area contributed by atoms with E-state index in [-0.39, 0.29) is 5.56 Å². The third-order valence-corrected chi connectivity index (χ3v) is 4.24. The Morgan fingerprint density at radius 3 is 2.07 bits per heavy atom. The van der Waals surface area contributed by atoms with Crippen molar-refractivity contribution in [3.05, 3.63) is 39.9 Å². The first kappa shape index (κ1) is 22.0. The number of nitrogens with zero attached hydrogens (tertiary/aromatic N) is 1. The second-order valence-electron chi connectivity index (χ2n) is 5.91. The molecule has 0 amide bonds. The molecule has 0 fully saturated rings. The molecule has 0 saturated carbocycles. The quantitative estimate of drug-likeness (QED) is 0.230. The Labute approximate surface area is 155 Å². The molecule has 148 valence electrons. The van der Waals surface area contributed by atoms with E-state index in [1.807, 2.05) is 0 Å². The molecule has 0 heterocycles. The molecule has 1 rings (SSSR count). The number of para-hydroxylation sites is 1. The first-order valence-electron chi connectivity index (χ1n) is 7.80. The minimum Gasteiger partial charge on any atom is -0.469 e. The first-order valence-corrected chi connectivity index (χ1v) is 7.80. The van der Waals surface area contributed by atoms with Crippen LogP contribution in [0.1, 0.15) is 25.0 Å². The summed E-state index contributed by atoms with van der Waals surface area (Å²) in [6.07, 6.45) is -2.26. The molecule has 0 aliphatic carbocycles. The van der Waals surface area contributed by atoms with Crippen LogP contribution in [0.15, 0.2) is 24.3 Å². The first-order chi connectivity index (χ1) is 12.6. The minimum atomic E-state index is -1.94. The van der Waals surface area contributed by atoms with Crippen LogP contribution in [0, 0.1) is 21.4 Å². The Balaban J connectivity index is 3.42. The predicted octanol–water partition coefficient (Wildman–Crippen LogP) is 1.16. The number of ether oxygens (including phenoxy) is 3. The molecule has 0 radical (unpaired) electrons. The van der Waals surface area contributed by atoms with Gasteiger partial charge in [-0.1, -0.05) is 12.1 Å². The van der Waals surface area contributed by atoms with Crippen molar-refractivity contribution in [1.82, 2.24) is 0 Å². The number of methoxy groups -OCH3 is 3. The summed E-state index contributed by atoms with van der Waals surface area (Å²) in [5.41, 5.74) is -2.51. The fraction of sp³-hybridized carbons (Fsp3) is 0.471. The number of aliphatic hydroxyl groups excluding tert-OH is 1. The summed E-state index contributed by atoms with van der Waals surface area (Å²) in [4.78, 5) is 47.0. The normalized spacial score (nSPS) is 13.2. The molecular formula is C17H21NO9. The van der Waals surface area contributed by atoms with Gasteiger partial charge in [0.15, 0.2) is 5.41 Å². The third kappa shape index (κ3) is 4.59. The van der Waals surface area contributed by atoms with Crippen LogP contribution in [0.4, 0.5) is 5.69 Å². The van der Waals surface area contributed by atoms with Crippen LogP contribution < -0.4 is 0 Å². The van der Waals surface area contributed by atoms with E-state index in [1.165, 1.54) is 25.1 Å². The van der Waals surface area contributed by atoms with Gasteiger partial charge in [0.2, 0.25) is 0 Å². The average molecular weight is 383 g/mol. The van der Waals surface area contributed by atoms with Crippen LogP contribution in [0.25, 0.3) is 0 Å². The number of carbonyl (C=O) groups is 3. The number of nitro benzene ring substituents is 1. The van der Waals surface area contributed by atoms with E-state index in [1.54, 1.807) is 0 Å². The summed E-state index contributed by atoms with van der Waals surface area (Å²) in [5, 5.41) is 21.9. The zero-order valence-corrected chi connectivity index (χ0v) is 15.3. The van der Waals surface area contributed by atoms with Crippen molar-refractivity contribution in [1.29, 1.82) is 0 Å². The topological polar surface area (TPSA) is 142 Å². The second kappa shape index (κ2) is 9.08. The van der Waals surface area contributed by atoms with Crippen LogP contribution in [0.5, 0.6) is 0 Å². The zero-order chi connectivity index (χ0) is 20.8. The monoisotopic (exact) mass is 383 g/mol. The van der Waals surface area contributed by atoms with Gasteiger partial charge in [-0.15, -0.1) is 0 Å². The van der Waals surface area contributed by atoms with Crippen LogP contribution in [-0.2, 0) is 28.6 Å². The smallest absolute Gasteiger partial charge is 0.322 e. The Morgan fingerprint density at radius 1 is 1.11 bits per heavy atom. The maximum Gasteiger partial charge on any atom is 0.322 e. The summed E-state index contributed by atoms with van der Waals surface area (Å²) < 4.78 is 13.9. The fourth-order valence-electron chi connectivity index (χ4n) is 2.74. The van der Waals surface area contributed by atoms with Crippen molar-refractivity contribution in [2.24, 2.45) is 11.3 Å². The highest BCUT2D eigenvalue weighted by Gasteiger charge is 2.49. The number of hydrogen-bond donors (Lipinski definition) is 1. The summed E-state index contributed by atoms with van der Waals surface area (Å²) in [6.45, 7) is 1.19. The third-order valence-electron chi connectivity index (χ3n) is 4.24. The molecule has 2 unspecified atom stereocenters. The van der Waals surface area contributed by atoms with E-state index in [0.717, 1.165) is 27.4 Å². The Hall–Kier alpha value is -3.01. The summed E-state index contributed by atoms with van der Waals surface area (Å²) in [6, 6.07) is 5.27. The van der Waals surface area contributed by atoms with Crippen LogP contribution in [0.2, 0.25) is 0 Å². The average Bonchev–Trinajstić information content (AvgIpc) is 2.69. The van der Waals surface area contributed by atoms with Crippen molar-refractivity contribution in [2.75, 3.05) is 21.3 Å². The highest BCUT2D eigenvalue weighted by Crippen LogP contribution is 2.38. The number of esters is 3. The summed E-state index contributed by atoms with van der Waals surface area (Å²) >= 11 is 0. The van der Waals surface area contributed by atoms with E-state index < -0.39 is 52.4 Å². The van der Waals surface area contributed by atoms with Crippen molar-refractivity contribution in [3.8, 4) is 0 Å². The van der Waals surface area contributed by atoms with E-state index in [2.05, 4.69) is 14.2 Å². The Bertz CT molecular complexity index is 715. The standard InChI is InChI=1S/C17H21NO9/c1-17(15(21)26-3,16(22)27-4)9-11(14(20)25-2)13(19)10-7-5-6-8-12(10)18(23)24/h5-8,11,13,19H,9H2,1-4H3. The number of rotatable bonds is 8. The minimum absolute atomic E-state index is 0.157. The molecule has 0 bridgehead atoms. The van der Waals surface area contributed by atoms with Gasteiger partial charge >= 0.3 is 17.9 Å². The SMILES string of the molecule is COC(=O)C(CC(C)(C(=O)OC)C(=O)OC)C(O)c1ccccc1[N+](=O)[O-]. The molecule has 0 saturated heterocycles. The molecule has 1 N–H and O–H groups in total. The summed E-state index contributed by atoms with van der Waals surface area (Å²) in [7, 11) is 3.15. The Morgan fingerprint density at radius 2 is 1.63 bits per heavy atom. The van der Waals surface area contributed by atoms with Gasteiger partial charge in [-0.25, -0.2) is 0 Å². The molecular weight excluding hydrogens is 362 g/mol. The lowest BCUT2D eigenvalue weighted by Gasteiger charge is -2.29. The van der Waals surface area contributed by atoms with Gasteiger partial charge in [-0.05, 0) is 19.4 Å². The van der Waals surface area contributed by atoms with Gasteiger partial charge in [0.25, 0.3) is 5.69 Å². The summed E-state index contributed by atoms with van der Waals surface area (Å²) in [5.74, 6) is -4.41. The van der Waals surface area contributed by atoms with Crippen molar-refractivity contribution in [3.63, 3.8) is 0 Å². The molecule has 27 heavy (non-hydrogen) atoms. The molecule has 0 aliphatic rings. The highest BCUT2D eigenvalue weighted by molar-refractivity contribution is 6.00. The number of carbonyl (C=O) groups excluding carboxylic acids is 3. The van der Waals surface area contributed by atoms with Crippen LogP contribution >= 0.6 is 0 Å². The molecule has 1 aromatic carbocycles. The largest absolute Gasteiger partial charge is 0.469 e. The van der Waals surface area contributed by atoms with E-state index in [0.29, 0.717) is 0 Å². The van der Waals surface area contributed by atoms with Gasteiger partial charge in [-0.2, -0.15) is 0 Å². The van der Waals surface area contributed by atoms with Crippen molar-refractivity contribution < 1.29 is 38.6 Å². The van der Waals surface area contributed by atoms with Gasteiger partial charge in [0.05, 0.1) is 43.8 Å². The zero-order valence-electron chi connectivity index (χ0n) is 15.3. The van der Waals surface area contributed by atoms with E-state index in [9.17, 15) is 29.6 Å². The lowest BCUT2D eigenvalue weighted by molar-refractivity contribution is -0.386. The lowest BCUT2D eigenvalue weighted by Crippen LogP contribution is -2.42. The fourth-order valence-corrected chi connectivity index (χ4v) is 2.74. The molecule has 0 spiro atoms. The number of benzene rings is 1. The maximum atomic E-state index is 12.3. The lowest BCUT2D eigenvalue weighted by atomic mass is 9.77. The van der Waals surface area contributed by atoms with E-state index >= 15 is 0 Å². The molecule has 0 aromatic heterocycles. The number of nitro groups is 1. The van der Waals surface area contributed by atoms with Crippen molar-refractivity contribution in [2.45, 2.75) is 19.4 Å². The number of hydrogen-bond acceptors (Lipinski definition) is 9. The van der Waals surface area contributed by atoms with E-state index in [4.69, 9.17) is 0 Å². The molecule has 1 aromatic rings. The molecule has 10 nitrogen and oxygen atoms in total. The Kier molecular flexibility index (Phi) is 7.41. The van der Waals surface area contributed by atoms with Crippen LogP contribution in [-0.4, -0.2) is 49.3 Å². The number of aliphatic hydroxyl groups is 1. The maximum absolute atomic E-state index is 12.3. The van der Waals surface area contributed by atoms with Gasteiger partial charge in [-0.3, -0.25) is 24.5 Å². The van der Waals surface area contributed by atoms with Crippen molar-refractivity contribution >= 4 is 23.6 Å². The highest BCUT2D eigenvalue weighted by atomic mass is 16.6. The van der Waals surface area contributed by atoms with Gasteiger partial charge in [0.1, 0.15) is 0 Å². The van der Waals surface area contributed by atoms with Crippen LogP contribution in [0.3, 0.4) is 0 Å². The van der Waals surface area contributed by atoms with Gasteiger partial charge in [0, 0.05) is 6.07 Å². The molecule has 10 heteroatoms. The second-order valence-corrected chi connectivity index (χ2v) is 5.91. The molecule has 2 atom stereocenters.